The van der Waals surface area contributed by atoms with Gasteiger partial charge in [0.25, 0.3) is 5.91 Å². The van der Waals surface area contributed by atoms with Crippen LogP contribution in [0.3, 0.4) is 0 Å². The Hall–Kier alpha value is -1.30. The van der Waals surface area contributed by atoms with E-state index in [4.69, 9.17) is 5.84 Å². The number of amides is 3. The fourth-order valence-electron chi connectivity index (χ4n) is 1.29. The smallest absolute Gasteiger partial charge is 0.320 e. The fraction of sp³-hybridized carbons (Fsp3) is 0.714. The first kappa shape index (κ1) is 9.79. The van der Waals surface area contributed by atoms with Gasteiger partial charge in [-0.25, -0.2) is 10.6 Å². The van der Waals surface area contributed by atoms with Gasteiger partial charge in [0.15, 0.2) is 0 Å². The van der Waals surface area contributed by atoms with E-state index in [-0.39, 0.29) is 11.9 Å². The quantitative estimate of drug-likeness (QED) is 0.321. The van der Waals surface area contributed by atoms with E-state index in [2.05, 4.69) is 0 Å². The molecule has 1 saturated heterocycles. The van der Waals surface area contributed by atoms with Crippen molar-refractivity contribution in [2.24, 2.45) is 5.84 Å². The molecule has 74 valence electrons. The average Bonchev–Trinajstić information content (AvgIpc) is 2.45. The highest BCUT2D eigenvalue weighted by molar-refractivity contribution is 5.87. The van der Waals surface area contributed by atoms with Crippen LogP contribution in [0.5, 0.6) is 0 Å². The third kappa shape index (κ3) is 1.72. The standard InChI is InChI=1S/C7H14N4O2/c1-5(6(12)9-8)11-4-3-10(2)7(11)13/h5H,3-4,8H2,1-2H3,(H,9,12). The molecule has 6 heteroatoms. The van der Waals surface area contributed by atoms with Crippen molar-refractivity contribution in [1.82, 2.24) is 15.2 Å². The minimum atomic E-state index is -0.498. The second-order valence-electron chi connectivity index (χ2n) is 3.08. The molecule has 1 aliphatic rings. The summed E-state index contributed by atoms with van der Waals surface area (Å²) in [5.41, 5.74) is 2.03. The number of carbonyl (C=O) groups excluding carboxylic acids is 2. The van der Waals surface area contributed by atoms with Gasteiger partial charge in [0.05, 0.1) is 0 Å². The highest BCUT2D eigenvalue weighted by Crippen LogP contribution is 2.10. The number of nitrogens with two attached hydrogens (primary N) is 1. The van der Waals surface area contributed by atoms with Crippen molar-refractivity contribution >= 4 is 11.9 Å². The Bertz CT molecular complexity index is 231. The number of urea groups is 1. The van der Waals surface area contributed by atoms with E-state index in [1.807, 2.05) is 5.43 Å². The van der Waals surface area contributed by atoms with E-state index in [0.29, 0.717) is 13.1 Å². The molecule has 3 N–H and O–H groups in total. The lowest BCUT2D eigenvalue weighted by Gasteiger charge is -2.21. The third-order valence-electron chi connectivity index (χ3n) is 2.24. The lowest BCUT2D eigenvalue weighted by Crippen LogP contribution is -2.48. The molecule has 1 heterocycles. The van der Waals surface area contributed by atoms with Gasteiger partial charge in [-0.05, 0) is 6.92 Å². The predicted molar refractivity (Wildman–Crippen MR) is 46.5 cm³/mol. The van der Waals surface area contributed by atoms with Gasteiger partial charge in [-0.3, -0.25) is 10.2 Å². The van der Waals surface area contributed by atoms with Crippen molar-refractivity contribution in [3.05, 3.63) is 0 Å². The van der Waals surface area contributed by atoms with Gasteiger partial charge in [0.2, 0.25) is 0 Å². The molecule has 0 aliphatic carbocycles. The van der Waals surface area contributed by atoms with Crippen molar-refractivity contribution in [3.63, 3.8) is 0 Å². The molecule has 6 nitrogen and oxygen atoms in total. The Balaban J connectivity index is 2.63. The molecule has 0 saturated carbocycles. The Labute approximate surface area is 76.6 Å². The molecule has 0 aromatic rings. The summed E-state index contributed by atoms with van der Waals surface area (Å²) in [6.45, 7) is 2.88. The van der Waals surface area contributed by atoms with Gasteiger partial charge < -0.3 is 9.80 Å². The van der Waals surface area contributed by atoms with Crippen LogP contribution >= 0.6 is 0 Å². The van der Waals surface area contributed by atoms with E-state index >= 15 is 0 Å². The minimum Gasteiger partial charge on any atom is -0.326 e. The molecule has 1 atom stereocenters. The zero-order valence-corrected chi connectivity index (χ0v) is 7.78. The van der Waals surface area contributed by atoms with Gasteiger partial charge >= 0.3 is 6.03 Å². The summed E-state index contributed by atoms with van der Waals surface area (Å²) in [6, 6.07) is -0.626. The summed E-state index contributed by atoms with van der Waals surface area (Å²) < 4.78 is 0. The SMILES string of the molecule is CC(C(=O)NN)N1CCN(C)C1=O. The first-order valence-corrected chi connectivity index (χ1v) is 4.10. The van der Waals surface area contributed by atoms with E-state index < -0.39 is 6.04 Å². The van der Waals surface area contributed by atoms with E-state index in [1.165, 1.54) is 4.90 Å². The van der Waals surface area contributed by atoms with Crippen LogP contribution in [0.25, 0.3) is 0 Å². The number of carbonyl (C=O) groups is 2. The molecule has 0 bridgehead atoms. The monoisotopic (exact) mass is 186 g/mol. The highest BCUT2D eigenvalue weighted by atomic mass is 16.2. The summed E-state index contributed by atoms with van der Waals surface area (Å²) in [5, 5.41) is 0. The van der Waals surface area contributed by atoms with Crippen LogP contribution in [0.4, 0.5) is 4.79 Å². The zero-order chi connectivity index (χ0) is 10.0. The maximum absolute atomic E-state index is 11.4. The van der Waals surface area contributed by atoms with E-state index in [9.17, 15) is 9.59 Å². The van der Waals surface area contributed by atoms with Crippen molar-refractivity contribution in [2.45, 2.75) is 13.0 Å². The van der Waals surface area contributed by atoms with Gasteiger partial charge in [-0.2, -0.15) is 0 Å². The summed E-state index contributed by atoms with van der Waals surface area (Å²) in [7, 11) is 1.70. The average molecular weight is 186 g/mol. The number of nitrogens with zero attached hydrogens (tertiary/aromatic N) is 2. The molecule has 3 amide bonds. The molecule has 13 heavy (non-hydrogen) atoms. The van der Waals surface area contributed by atoms with Gasteiger partial charge in [-0.1, -0.05) is 0 Å². The zero-order valence-electron chi connectivity index (χ0n) is 7.78. The Kier molecular flexibility index (Phi) is 2.72. The van der Waals surface area contributed by atoms with Crippen LogP contribution in [0.1, 0.15) is 6.92 Å². The predicted octanol–water partition coefficient (Wildman–Crippen LogP) is -1.27. The van der Waals surface area contributed by atoms with Crippen molar-refractivity contribution < 1.29 is 9.59 Å². The molecule has 1 unspecified atom stereocenters. The van der Waals surface area contributed by atoms with Crippen LogP contribution < -0.4 is 11.3 Å². The van der Waals surface area contributed by atoms with E-state index in [0.717, 1.165) is 0 Å². The molecule has 0 radical (unpaired) electrons. The van der Waals surface area contributed by atoms with Crippen LogP contribution in [0.15, 0.2) is 0 Å². The molecule has 1 aliphatic heterocycles. The van der Waals surface area contributed by atoms with Gasteiger partial charge in [0.1, 0.15) is 6.04 Å². The second kappa shape index (κ2) is 3.61. The number of nitrogens with one attached hydrogen (secondary N) is 1. The normalized spacial score (nSPS) is 19.2. The molecule has 0 aromatic carbocycles. The van der Waals surface area contributed by atoms with Gasteiger partial charge in [0, 0.05) is 20.1 Å². The molecule has 1 fully saturated rings. The maximum Gasteiger partial charge on any atom is 0.320 e. The van der Waals surface area contributed by atoms with Crippen molar-refractivity contribution in [2.75, 3.05) is 20.1 Å². The molecular weight excluding hydrogens is 172 g/mol. The summed E-state index contributed by atoms with van der Waals surface area (Å²) in [4.78, 5) is 25.6. The maximum atomic E-state index is 11.4. The number of likely N-dealkylation sites (N-methyl/N-ethyl adjacent to an activating group) is 1. The van der Waals surface area contributed by atoms with Crippen molar-refractivity contribution in [1.29, 1.82) is 0 Å². The fourth-order valence-corrected chi connectivity index (χ4v) is 1.29. The lowest BCUT2D eigenvalue weighted by molar-refractivity contribution is -0.124. The molecule has 1 rings (SSSR count). The summed E-state index contributed by atoms with van der Waals surface area (Å²) >= 11 is 0. The number of hydrazine groups is 1. The first-order valence-electron chi connectivity index (χ1n) is 4.10. The van der Waals surface area contributed by atoms with Crippen LogP contribution in [0.2, 0.25) is 0 Å². The number of hydrogen-bond acceptors (Lipinski definition) is 3. The van der Waals surface area contributed by atoms with E-state index in [1.54, 1.807) is 18.9 Å². The summed E-state index contributed by atoms with van der Waals surface area (Å²) in [5.74, 6) is 4.63. The third-order valence-corrected chi connectivity index (χ3v) is 2.24. The molecule has 0 spiro atoms. The Morgan fingerprint density at radius 2 is 2.23 bits per heavy atom. The lowest BCUT2D eigenvalue weighted by atomic mass is 10.3. The number of rotatable bonds is 2. The van der Waals surface area contributed by atoms with Crippen LogP contribution in [-0.2, 0) is 4.79 Å². The topological polar surface area (TPSA) is 78.7 Å². The van der Waals surface area contributed by atoms with Gasteiger partial charge in [-0.15, -0.1) is 0 Å². The first-order chi connectivity index (χ1) is 6.07. The van der Waals surface area contributed by atoms with Crippen LogP contribution in [0, 0.1) is 0 Å². The van der Waals surface area contributed by atoms with Crippen molar-refractivity contribution in [3.8, 4) is 0 Å². The number of hydrogen-bond donors (Lipinski definition) is 2. The minimum absolute atomic E-state index is 0.129. The highest BCUT2D eigenvalue weighted by Gasteiger charge is 2.32. The Morgan fingerprint density at radius 3 is 2.62 bits per heavy atom. The summed E-state index contributed by atoms with van der Waals surface area (Å²) in [6.07, 6.45) is 0. The second-order valence-corrected chi connectivity index (χ2v) is 3.08. The largest absolute Gasteiger partial charge is 0.326 e. The molecule has 0 aromatic heterocycles. The van der Waals surface area contributed by atoms with Crippen LogP contribution in [-0.4, -0.2) is 47.9 Å². The Morgan fingerprint density at radius 1 is 1.62 bits per heavy atom. The molecular formula is C7H14N4O2.